The van der Waals surface area contributed by atoms with Crippen molar-refractivity contribution in [1.82, 2.24) is 4.31 Å². The Bertz CT molecular complexity index is 2370. The van der Waals surface area contributed by atoms with Crippen LogP contribution in [0, 0.1) is 29.1 Å². The van der Waals surface area contributed by atoms with Gasteiger partial charge >= 0.3 is 18.3 Å². The molecule has 5 rings (SSSR count). The van der Waals surface area contributed by atoms with Crippen LogP contribution < -0.4 is 4.90 Å². The quantitative estimate of drug-likeness (QED) is 0.0540. The molecular weight excluding hydrogens is 841 g/mol. The van der Waals surface area contributed by atoms with Crippen LogP contribution in [0.3, 0.4) is 0 Å². The Balaban J connectivity index is 1.60. The number of hydrogen-bond donors (Lipinski definition) is 0. The fourth-order valence-corrected chi connectivity index (χ4v) is 7.01. The lowest BCUT2D eigenvalue weighted by Gasteiger charge is -2.28. The Hall–Kier alpha value is -5.53. The third-order valence-corrected chi connectivity index (χ3v) is 10.3. The van der Waals surface area contributed by atoms with Crippen LogP contribution in [0.25, 0.3) is 0 Å². The number of alkyl halides is 6. The number of carbonyl (C=O) groups is 2. The molecule has 0 fully saturated rings. The number of sulfonamides is 1. The van der Waals surface area contributed by atoms with E-state index in [4.69, 9.17) is 16.3 Å². The SMILES string of the molecule is O=C(OCc1ccccc1)c1ccc(N(Cc2cc(C(F)(F)F)cc(C(F)(F)F)c2)C(=O)CN(Cc2ccc(Cl)cc2)S(=O)(=O)c2c(F)c(F)c(F)c(F)c2F)cc1. The summed E-state index contributed by atoms with van der Waals surface area (Å²) in [6.07, 6.45) is -10.7. The normalized spacial score (nSPS) is 12.2. The van der Waals surface area contributed by atoms with E-state index in [-0.39, 0.29) is 50.9 Å². The zero-order valence-electron chi connectivity index (χ0n) is 28.9. The molecule has 1 amide bonds. The Kier molecular flexibility index (Phi) is 12.9. The van der Waals surface area contributed by atoms with Gasteiger partial charge in [0, 0.05) is 17.3 Å². The van der Waals surface area contributed by atoms with Gasteiger partial charge in [-0.1, -0.05) is 54.1 Å². The predicted molar refractivity (Wildman–Crippen MR) is 185 cm³/mol. The highest BCUT2D eigenvalue weighted by molar-refractivity contribution is 7.89. The second kappa shape index (κ2) is 17.1. The highest BCUT2D eigenvalue weighted by Crippen LogP contribution is 2.37. The van der Waals surface area contributed by atoms with E-state index in [9.17, 15) is 66.3 Å². The smallest absolute Gasteiger partial charge is 0.416 e. The molecule has 58 heavy (non-hydrogen) atoms. The van der Waals surface area contributed by atoms with Crippen LogP contribution in [0.2, 0.25) is 5.02 Å². The first kappa shape index (κ1) is 43.6. The van der Waals surface area contributed by atoms with E-state index in [1.807, 2.05) is 0 Å². The molecule has 5 aromatic rings. The van der Waals surface area contributed by atoms with Gasteiger partial charge in [-0.15, -0.1) is 0 Å². The van der Waals surface area contributed by atoms with Crippen molar-refractivity contribution >= 4 is 39.2 Å². The molecule has 0 aliphatic heterocycles. The summed E-state index contributed by atoms with van der Waals surface area (Å²) in [5, 5.41) is 0.104. The van der Waals surface area contributed by atoms with E-state index in [2.05, 4.69) is 0 Å². The lowest BCUT2D eigenvalue weighted by molar-refractivity contribution is -0.143. The van der Waals surface area contributed by atoms with Gasteiger partial charge in [-0.3, -0.25) is 4.79 Å². The Morgan fingerprint density at radius 1 is 0.621 bits per heavy atom. The maximum absolute atomic E-state index is 15.0. The number of ether oxygens (including phenoxy) is 1. The van der Waals surface area contributed by atoms with Crippen molar-refractivity contribution in [2.24, 2.45) is 0 Å². The van der Waals surface area contributed by atoms with Crippen molar-refractivity contribution in [3.63, 3.8) is 0 Å². The summed E-state index contributed by atoms with van der Waals surface area (Å²) in [7, 11) is -5.92. The van der Waals surface area contributed by atoms with Gasteiger partial charge in [0.25, 0.3) is 0 Å². The molecule has 0 bridgehead atoms. The van der Waals surface area contributed by atoms with E-state index in [0.29, 0.717) is 10.5 Å². The second-order valence-electron chi connectivity index (χ2n) is 12.3. The molecule has 0 N–H and O–H groups in total. The fourth-order valence-electron chi connectivity index (χ4n) is 5.40. The summed E-state index contributed by atoms with van der Waals surface area (Å²) in [6.45, 7) is -3.91. The van der Waals surface area contributed by atoms with Gasteiger partial charge in [0.1, 0.15) is 6.61 Å². The van der Waals surface area contributed by atoms with Crippen LogP contribution in [0.15, 0.2) is 102 Å². The summed E-state index contributed by atoms with van der Waals surface area (Å²) in [6, 6.07) is 17.7. The molecule has 5 aromatic carbocycles. The van der Waals surface area contributed by atoms with Gasteiger partial charge in [-0.05, 0) is 71.3 Å². The summed E-state index contributed by atoms with van der Waals surface area (Å²) >= 11 is 5.87. The van der Waals surface area contributed by atoms with Crippen molar-refractivity contribution in [3.8, 4) is 0 Å². The molecule has 0 spiro atoms. The molecule has 0 saturated carbocycles. The number of benzene rings is 5. The number of esters is 1. The minimum Gasteiger partial charge on any atom is -0.457 e. The largest absolute Gasteiger partial charge is 0.457 e. The van der Waals surface area contributed by atoms with Crippen molar-refractivity contribution in [3.05, 3.63) is 165 Å². The first-order chi connectivity index (χ1) is 27.1. The average Bonchev–Trinajstić information content (AvgIpc) is 3.17. The Morgan fingerprint density at radius 3 is 1.66 bits per heavy atom. The lowest BCUT2D eigenvalue weighted by Crippen LogP contribution is -2.43. The third kappa shape index (κ3) is 9.94. The van der Waals surface area contributed by atoms with Crippen molar-refractivity contribution in [1.29, 1.82) is 0 Å². The van der Waals surface area contributed by atoms with Crippen molar-refractivity contribution in [2.75, 3.05) is 11.4 Å². The van der Waals surface area contributed by atoms with Crippen LogP contribution in [0.1, 0.15) is 38.2 Å². The second-order valence-corrected chi connectivity index (χ2v) is 14.6. The topological polar surface area (TPSA) is 84.0 Å². The Labute approximate surface area is 326 Å². The molecule has 20 heteroatoms. The maximum Gasteiger partial charge on any atom is 0.416 e. The fraction of sp³-hybridized carbons (Fsp3) is 0.158. The van der Waals surface area contributed by atoms with Crippen LogP contribution in [0.4, 0.5) is 54.0 Å². The number of carbonyl (C=O) groups excluding carboxylic acids is 2. The molecule has 306 valence electrons. The third-order valence-electron chi connectivity index (χ3n) is 8.27. The van der Waals surface area contributed by atoms with Gasteiger partial charge in [-0.2, -0.15) is 30.6 Å². The monoisotopic (exact) mass is 864 g/mol. The highest BCUT2D eigenvalue weighted by Gasteiger charge is 2.40. The highest BCUT2D eigenvalue weighted by atomic mass is 35.5. The molecule has 0 heterocycles. The maximum atomic E-state index is 15.0. The summed E-state index contributed by atoms with van der Waals surface area (Å²) in [5.74, 6) is -16.0. The molecule has 0 saturated heterocycles. The summed E-state index contributed by atoms with van der Waals surface area (Å²) in [5.41, 5.74) is -4.33. The van der Waals surface area contributed by atoms with Gasteiger partial charge < -0.3 is 9.64 Å². The van der Waals surface area contributed by atoms with E-state index in [1.54, 1.807) is 30.3 Å². The van der Waals surface area contributed by atoms with E-state index in [0.717, 1.165) is 24.3 Å². The van der Waals surface area contributed by atoms with E-state index >= 15 is 0 Å². The minimum absolute atomic E-state index is 0.0214. The summed E-state index contributed by atoms with van der Waals surface area (Å²) in [4.78, 5) is 25.0. The van der Waals surface area contributed by atoms with Gasteiger partial charge in [-0.25, -0.2) is 35.2 Å². The molecule has 0 aliphatic carbocycles. The molecular formula is C38H24ClF11N2O5S. The predicted octanol–water partition coefficient (Wildman–Crippen LogP) is 9.85. The van der Waals surface area contributed by atoms with Gasteiger partial charge in [0.2, 0.25) is 21.7 Å². The van der Waals surface area contributed by atoms with Crippen molar-refractivity contribution < 1.29 is 71.0 Å². The Morgan fingerprint density at radius 2 is 1.14 bits per heavy atom. The number of anilines is 1. The first-order valence-corrected chi connectivity index (χ1v) is 18.1. The molecule has 0 aromatic heterocycles. The molecule has 7 nitrogen and oxygen atoms in total. The molecule has 0 atom stereocenters. The number of amides is 1. The zero-order chi connectivity index (χ0) is 42.7. The number of hydrogen-bond acceptors (Lipinski definition) is 5. The van der Waals surface area contributed by atoms with Crippen LogP contribution >= 0.6 is 11.6 Å². The minimum atomic E-state index is -5.92. The van der Waals surface area contributed by atoms with E-state index in [1.165, 1.54) is 24.3 Å². The number of halogens is 12. The molecule has 0 unspecified atom stereocenters. The lowest BCUT2D eigenvalue weighted by atomic mass is 10.0. The molecule has 0 radical (unpaired) electrons. The molecule has 0 aliphatic rings. The van der Waals surface area contributed by atoms with Gasteiger partial charge in [0.05, 0.1) is 29.8 Å². The number of rotatable bonds is 12. The standard InChI is InChI=1S/C38H24ClF11N2O5S/c39-27-10-6-21(7-11-27)17-51(58(55,56)35-33(43)31(41)30(40)32(42)34(35)44)19-29(53)52(18-23-14-25(37(45,46)47)16-26(15-23)38(48,49)50)28-12-8-24(9-13-28)36(54)57-20-22-4-2-1-3-5-22/h1-16H,17-20H2. The zero-order valence-corrected chi connectivity index (χ0v) is 30.5. The summed E-state index contributed by atoms with van der Waals surface area (Å²) < 4.78 is 188. The number of nitrogens with zero attached hydrogens (tertiary/aromatic N) is 2. The van der Waals surface area contributed by atoms with Crippen molar-refractivity contribution in [2.45, 2.75) is 36.9 Å². The first-order valence-electron chi connectivity index (χ1n) is 16.2. The average molecular weight is 865 g/mol. The van der Waals surface area contributed by atoms with E-state index < -0.39 is 105 Å². The van der Waals surface area contributed by atoms with Crippen LogP contribution in [-0.4, -0.2) is 31.1 Å². The van der Waals surface area contributed by atoms with Crippen LogP contribution in [0.5, 0.6) is 0 Å². The van der Waals surface area contributed by atoms with Gasteiger partial charge in [0.15, 0.2) is 28.2 Å². The van der Waals surface area contributed by atoms with Crippen LogP contribution in [-0.2, 0) is 51.6 Å².